The monoisotopic (exact) mass is 578 g/mol. The molecule has 0 radical (unpaired) electrons. The quantitative estimate of drug-likeness (QED) is 0.255. The number of carbonyl (C=O) groups excluding carboxylic acids is 2. The minimum Gasteiger partial charge on any atom is -0.469 e. The fourth-order valence-corrected chi connectivity index (χ4v) is 4.38. The van der Waals surface area contributed by atoms with Crippen molar-refractivity contribution in [2.45, 2.75) is 131 Å². The van der Waals surface area contributed by atoms with Gasteiger partial charge in [-0.3, -0.25) is 9.59 Å². The Morgan fingerprint density at radius 2 is 1.21 bits per heavy atom. The SMILES string of the molecule is CCC(C)(C)C(=O)OC.CCC(C)(C)C(=O)OC(C)(C)C.OC(CC1CC2CCC1C2)(C(F)(F)F)C(F)(F)F. The van der Waals surface area contributed by atoms with Crippen LogP contribution in [0.1, 0.15) is 107 Å². The predicted octanol–water partition coefficient (Wildman–Crippen LogP) is 8.03. The van der Waals surface area contributed by atoms with Crippen molar-refractivity contribution >= 4 is 11.9 Å². The van der Waals surface area contributed by atoms with Crippen LogP contribution in [0, 0.1) is 28.6 Å². The van der Waals surface area contributed by atoms with Crippen LogP contribution in [0.2, 0.25) is 0 Å². The van der Waals surface area contributed by atoms with Crippen LogP contribution in [0.25, 0.3) is 0 Å². The minimum atomic E-state index is -5.67. The third kappa shape index (κ3) is 10.8. The van der Waals surface area contributed by atoms with Crippen molar-refractivity contribution in [3.63, 3.8) is 0 Å². The Kier molecular flexibility index (Phi) is 12.9. The molecule has 0 spiro atoms. The van der Waals surface area contributed by atoms with Crippen LogP contribution in [0.4, 0.5) is 26.3 Å². The topological polar surface area (TPSA) is 72.8 Å². The van der Waals surface area contributed by atoms with Crippen LogP contribution < -0.4 is 0 Å². The number of rotatable bonds is 6. The number of carbonyl (C=O) groups is 2. The van der Waals surface area contributed by atoms with Gasteiger partial charge in [0.15, 0.2) is 0 Å². The number of hydrogen-bond acceptors (Lipinski definition) is 5. The number of aliphatic hydroxyl groups is 1. The lowest BCUT2D eigenvalue weighted by molar-refractivity contribution is -0.373. The van der Waals surface area contributed by atoms with Crippen molar-refractivity contribution < 1.29 is 50.5 Å². The third-order valence-corrected chi connectivity index (χ3v) is 7.84. The first-order chi connectivity index (χ1) is 17.3. The van der Waals surface area contributed by atoms with Gasteiger partial charge in [-0.2, -0.15) is 26.3 Å². The van der Waals surface area contributed by atoms with E-state index in [1.54, 1.807) is 0 Å². The molecular weight excluding hydrogens is 530 g/mol. The first-order valence-corrected chi connectivity index (χ1v) is 13.5. The maximum absolute atomic E-state index is 12.5. The van der Waals surface area contributed by atoms with Crippen LogP contribution >= 0.6 is 0 Å². The fraction of sp³-hybridized carbons (Fsp3) is 0.929. The lowest BCUT2D eigenvalue weighted by Gasteiger charge is -2.36. The predicted molar refractivity (Wildman–Crippen MR) is 137 cm³/mol. The van der Waals surface area contributed by atoms with Gasteiger partial charge >= 0.3 is 24.3 Å². The van der Waals surface area contributed by atoms with E-state index >= 15 is 0 Å². The summed E-state index contributed by atoms with van der Waals surface area (Å²) in [6.07, 6.45) is -8.32. The molecule has 2 fully saturated rings. The van der Waals surface area contributed by atoms with Gasteiger partial charge in [0.1, 0.15) is 5.60 Å². The summed E-state index contributed by atoms with van der Waals surface area (Å²) in [7, 11) is 1.42. The van der Waals surface area contributed by atoms with E-state index < -0.39 is 30.3 Å². The third-order valence-electron chi connectivity index (χ3n) is 7.84. The second-order valence-electron chi connectivity index (χ2n) is 13.0. The average molecular weight is 579 g/mol. The number of halogens is 6. The normalized spacial score (nSPS) is 21.8. The van der Waals surface area contributed by atoms with E-state index in [1.807, 2.05) is 62.3 Å². The smallest absolute Gasteiger partial charge is 0.426 e. The first-order valence-electron chi connectivity index (χ1n) is 13.5. The summed E-state index contributed by atoms with van der Waals surface area (Å²) in [5.74, 6) is -0.767. The minimum absolute atomic E-state index is 0.0915. The number of alkyl halides is 6. The molecule has 0 aromatic carbocycles. The van der Waals surface area contributed by atoms with E-state index in [0.717, 1.165) is 19.3 Å². The molecule has 0 amide bonds. The molecule has 0 aromatic heterocycles. The Hall–Kier alpha value is -1.52. The second-order valence-corrected chi connectivity index (χ2v) is 13.0. The van der Waals surface area contributed by atoms with Crippen molar-refractivity contribution in [2.75, 3.05) is 7.11 Å². The van der Waals surface area contributed by atoms with Crippen molar-refractivity contribution in [3.8, 4) is 0 Å². The Bertz CT molecular complexity index is 782. The van der Waals surface area contributed by atoms with Gasteiger partial charge in [0.2, 0.25) is 0 Å². The molecular formula is C28H48F6O5. The van der Waals surface area contributed by atoms with Gasteiger partial charge in [-0.25, -0.2) is 0 Å². The van der Waals surface area contributed by atoms with Crippen LogP contribution in [-0.4, -0.2) is 47.7 Å². The Labute approximate surface area is 229 Å². The molecule has 0 aliphatic heterocycles. The Morgan fingerprint density at radius 1 is 0.769 bits per heavy atom. The molecule has 232 valence electrons. The molecule has 0 saturated heterocycles. The summed E-state index contributed by atoms with van der Waals surface area (Å²) >= 11 is 0. The lowest BCUT2D eigenvalue weighted by atomic mass is 9.79. The van der Waals surface area contributed by atoms with Gasteiger partial charge in [0.05, 0.1) is 17.9 Å². The Morgan fingerprint density at radius 3 is 1.46 bits per heavy atom. The molecule has 39 heavy (non-hydrogen) atoms. The van der Waals surface area contributed by atoms with Gasteiger partial charge in [0.25, 0.3) is 5.60 Å². The summed E-state index contributed by atoms with van der Waals surface area (Å²) < 4.78 is 85.0. The van der Waals surface area contributed by atoms with E-state index in [-0.39, 0.29) is 40.2 Å². The van der Waals surface area contributed by atoms with Crippen LogP contribution in [0.3, 0.4) is 0 Å². The van der Waals surface area contributed by atoms with E-state index in [1.165, 1.54) is 7.11 Å². The zero-order chi connectivity index (χ0) is 31.3. The maximum atomic E-state index is 12.5. The summed E-state index contributed by atoms with van der Waals surface area (Å²) in [6, 6.07) is 0. The van der Waals surface area contributed by atoms with Crippen molar-refractivity contribution in [2.24, 2.45) is 28.6 Å². The van der Waals surface area contributed by atoms with E-state index in [4.69, 9.17) is 9.84 Å². The van der Waals surface area contributed by atoms with Crippen LogP contribution in [-0.2, 0) is 19.1 Å². The molecule has 3 atom stereocenters. The molecule has 0 heterocycles. The lowest BCUT2D eigenvalue weighted by Crippen LogP contribution is -2.58. The highest BCUT2D eigenvalue weighted by atomic mass is 19.4. The molecule has 5 nitrogen and oxygen atoms in total. The molecule has 2 saturated carbocycles. The number of hydrogen-bond donors (Lipinski definition) is 1. The molecule has 11 heteroatoms. The van der Waals surface area contributed by atoms with Crippen molar-refractivity contribution in [3.05, 3.63) is 0 Å². The summed E-state index contributed by atoms with van der Waals surface area (Å²) in [4.78, 5) is 22.3. The van der Waals surface area contributed by atoms with Gasteiger partial charge in [-0.15, -0.1) is 0 Å². The molecule has 2 aliphatic rings. The molecule has 2 bridgehead atoms. The molecule has 2 rings (SSSR count). The molecule has 3 unspecified atom stereocenters. The maximum Gasteiger partial charge on any atom is 0.426 e. The highest BCUT2D eigenvalue weighted by molar-refractivity contribution is 5.76. The zero-order valence-electron chi connectivity index (χ0n) is 25.0. The second kappa shape index (κ2) is 13.4. The number of esters is 2. The molecule has 0 aromatic rings. The van der Waals surface area contributed by atoms with Gasteiger partial charge in [-0.1, -0.05) is 20.3 Å². The summed E-state index contributed by atoms with van der Waals surface area (Å²) in [5, 5.41) is 9.12. The largest absolute Gasteiger partial charge is 0.469 e. The van der Waals surface area contributed by atoms with Crippen molar-refractivity contribution in [1.29, 1.82) is 0 Å². The van der Waals surface area contributed by atoms with E-state index in [2.05, 4.69) is 4.74 Å². The van der Waals surface area contributed by atoms with Crippen molar-refractivity contribution in [1.82, 2.24) is 0 Å². The number of ether oxygens (including phenoxy) is 2. The van der Waals surface area contributed by atoms with E-state index in [9.17, 15) is 35.9 Å². The van der Waals surface area contributed by atoms with Gasteiger partial charge < -0.3 is 14.6 Å². The summed E-state index contributed by atoms with van der Waals surface area (Å²) in [5.41, 5.74) is -5.60. The highest BCUT2D eigenvalue weighted by Gasteiger charge is 2.71. The zero-order valence-corrected chi connectivity index (χ0v) is 25.0. The van der Waals surface area contributed by atoms with Gasteiger partial charge in [-0.05, 0) is 105 Å². The highest BCUT2D eigenvalue weighted by Crippen LogP contribution is 2.55. The van der Waals surface area contributed by atoms with Crippen LogP contribution in [0.5, 0.6) is 0 Å². The molecule has 2 aliphatic carbocycles. The van der Waals surface area contributed by atoms with Crippen LogP contribution in [0.15, 0.2) is 0 Å². The standard InChI is InChI=1S/C11H14F6O.C10H20O2.C7H14O2/c12-10(13,14)9(18,11(15,16)17)5-8-4-6-1-2-7(8)3-6;1-7-10(5,6)8(11)12-9(2,3)4;1-5-7(2,3)6(8)9-4/h6-8,18H,1-5H2;7H2,1-6H3;5H2,1-4H3. The number of fused-ring (bicyclic) bond motifs is 2. The fourth-order valence-electron chi connectivity index (χ4n) is 4.38. The molecule has 1 N–H and O–H groups in total. The first kappa shape index (κ1) is 37.5. The average Bonchev–Trinajstić information content (AvgIpc) is 3.40. The van der Waals surface area contributed by atoms with Gasteiger partial charge in [0, 0.05) is 0 Å². The number of methoxy groups -OCH3 is 1. The van der Waals surface area contributed by atoms with E-state index in [0.29, 0.717) is 19.3 Å². The summed E-state index contributed by atoms with van der Waals surface area (Å²) in [6.45, 7) is 17.2. The Balaban J connectivity index is 0.000000600.